The summed E-state index contributed by atoms with van der Waals surface area (Å²) in [5.41, 5.74) is 2.71. The van der Waals surface area contributed by atoms with Gasteiger partial charge >= 0.3 is 0 Å². The van der Waals surface area contributed by atoms with E-state index < -0.39 is 0 Å². The Balaban J connectivity index is 0.00000112. The van der Waals surface area contributed by atoms with E-state index in [0.29, 0.717) is 0 Å². The maximum absolute atomic E-state index is 8.86. The summed E-state index contributed by atoms with van der Waals surface area (Å²) in [6.07, 6.45) is 1.75. The van der Waals surface area contributed by atoms with Crippen LogP contribution in [0.4, 0.5) is 0 Å². The number of rotatable bonds is 2. The van der Waals surface area contributed by atoms with Gasteiger partial charge in [0.1, 0.15) is 0 Å². The van der Waals surface area contributed by atoms with Crippen LogP contribution in [0, 0.1) is 6.07 Å². The van der Waals surface area contributed by atoms with Gasteiger partial charge in [-0.2, -0.15) is 0 Å². The number of aromatic nitrogens is 1. The number of hydrogen-bond donors (Lipinski definition) is 1. The minimum absolute atomic E-state index is 0. The summed E-state index contributed by atoms with van der Waals surface area (Å²) in [4.78, 5) is 4.21. The fraction of sp³-hybridized carbons (Fsp3) is 0.0833. The van der Waals surface area contributed by atoms with Crippen molar-refractivity contribution in [2.24, 2.45) is 0 Å². The van der Waals surface area contributed by atoms with Gasteiger partial charge in [-0.1, -0.05) is 12.1 Å². The zero-order valence-corrected chi connectivity index (χ0v) is 10.4. The molecule has 15 heavy (non-hydrogen) atoms. The Morgan fingerprint density at radius 2 is 2.07 bits per heavy atom. The van der Waals surface area contributed by atoms with Crippen LogP contribution in [0.1, 0.15) is 5.56 Å². The van der Waals surface area contributed by atoms with Crippen molar-refractivity contribution in [3.63, 3.8) is 0 Å². The van der Waals surface area contributed by atoms with E-state index in [0.717, 1.165) is 16.8 Å². The van der Waals surface area contributed by atoms with E-state index in [9.17, 15) is 0 Å². The summed E-state index contributed by atoms with van der Waals surface area (Å²) in [6, 6.07) is 14.4. The molecular weight excluding hydrogens is 366 g/mol. The number of nitrogens with zero attached hydrogens (tertiary/aromatic N) is 1. The first-order valence-electron chi connectivity index (χ1n) is 4.43. The van der Waals surface area contributed by atoms with Gasteiger partial charge in [-0.05, 0) is 11.8 Å². The van der Waals surface area contributed by atoms with Gasteiger partial charge in [0, 0.05) is 32.9 Å². The SMILES string of the molecule is OCc1c[c-]c(-c2ccccn2)cc1.[Ir]. The minimum atomic E-state index is 0. The van der Waals surface area contributed by atoms with Crippen LogP contribution in [0.2, 0.25) is 0 Å². The standard InChI is InChI=1S/C12H10NO.Ir/c14-9-10-4-6-11(7-5-10)12-3-1-2-8-13-12;/h1-6,8,14H,9H2;/q-1;. The average molecular weight is 376 g/mol. The molecular formula is C12H10IrNO-. The van der Waals surface area contributed by atoms with Gasteiger partial charge in [0.25, 0.3) is 0 Å². The van der Waals surface area contributed by atoms with Gasteiger partial charge < -0.3 is 10.1 Å². The fourth-order valence-corrected chi connectivity index (χ4v) is 1.24. The van der Waals surface area contributed by atoms with Crippen molar-refractivity contribution >= 4 is 0 Å². The second kappa shape index (κ2) is 5.76. The van der Waals surface area contributed by atoms with Crippen molar-refractivity contribution in [1.29, 1.82) is 0 Å². The van der Waals surface area contributed by atoms with Crippen molar-refractivity contribution < 1.29 is 25.2 Å². The number of hydrogen-bond acceptors (Lipinski definition) is 2. The Bertz CT molecular complexity index is 400. The molecule has 1 heterocycles. The van der Waals surface area contributed by atoms with Gasteiger partial charge in [0.15, 0.2) is 0 Å². The molecule has 0 aliphatic carbocycles. The third kappa shape index (κ3) is 2.96. The average Bonchev–Trinajstić information content (AvgIpc) is 2.30. The van der Waals surface area contributed by atoms with Gasteiger partial charge in [-0.3, -0.25) is 0 Å². The smallest absolute Gasteiger partial charge is 0.0349 e. The summed E-state index contributed by atoms with van der Waals surface area (Å²) in [6.45, 7) is 0.0546. The van der Waals surface area contributed by atoms with Crippen LogP contribution in [0.15, 0.2) is 42.6 Å². The summed E-state index contributed by atoms with van der Waals surface area (Å²) in [5.74, 6) is 0. The van der Waals surface area contributed by atoms with Gasteiger partial charge in [-0.15, -0.1) is 35.4 Å². The molecule has 2 aromatic rings. The zero-order chi connectivity index (χ0) is 9.80. The first-order chi connectivity index (χ1) is 6.90. The largest absolute Gasteiger partial charge is 0.401 e. The molecule has 1 aromatic carbocycles. The summed E-state index contributed by atoms with van der Waals surface area (Å²) in [7, 11) is 0. The predicted octanol–water partition coefficient (Wildman–Crippen LogP) is 2.04. The second-order valence-corrected chi connectivity index (χ2v) is 2.98. The van der Waals surface area contributed by atoms with E-state index >= 15 is 0 Å². The number of aliphatic hydroxyl groups is 1. The third-order valence-electron chi connectivity index (χ3n) is 2.00. The Labute approximate surface area is 102 Å². The molecule has 2 rings (SSSR count). The molecule has 0 bridgehead atoms. The summed E-state index contributed by atoms with van der Waals surface area (Å²) >= 11 is 0. The molecule has 0 aliphatic rings. The van der Waals surface area contributed by atoms with Crippen molar-refractivity contribution in [3.8, 4) is 11.3 Å². The first-order valence-corrected chi connectivity index (χ1v) is 4.43. The Hall–Kier alpha value is -1.02. The molecule has 0 amide bonds. The molecule has 0 fully saturated rings. The maximum atomic E-state index is 8.86. The zero-order valence-electron chi connectivity index (χ0n) is 7.98. The monoisotopic (exact) mass is 377 g/mol. The molecule has 0 unspecified atom stereocenters. The molecule has 0 saturated heterocycles. The van der Waals surface area contributed by atoms with Crippen LogP contribution in [0.5, 0.6) is 0 Å². The molecule has 1 aromatic heterocycles. The normalized spacial score (nSPS) is 9.40. The molecule has 3 heteroatoms. The van der Waals surface area contributed by atoms with Gasteiger partial charge in [0.2, 0.25) is 0 Å². The molecule has 0 spiro atoms. The van der Waals surface area contributed by atoms with E-state index in [1.165, 1.54) is 0 Å². The molecule has 0 saturated carbocycles. The van der Waals surface area contributed by atoms with Gasteiger partial charge in [0.05, 0.1) is 0 Å². The predicted molar refractivity (Wildman–Crippen MR) is 54.4 cm³/mol. The maximum Gasteiger partial charge on any atom is 0.0349 e. The Kier molecular flexibility index (Phi) is 4.63. The second-order valence-electron chi connectivity index (χ2n) is 2.98. The van der Waals surface area contributed by atoms with E-state index in [1.54, 1.807) is 12.3 Å². The first kappa shape index (κ1) is 12.1. The summed E-state index contributed by atoms with van der Waals surface area (Å²) < 4.78 is 0. The number of aliphatic hydroxyl groups excluding tert-OH is 1. The Morgan fingerprint density at radius 1 is 1.20 bits per heavy atom. The fourth-order valence-electron chi connectivity index (χ4n) is 1.24. The van der Waals surface area contributed by atoms with E-state index in [4.69, 9.17) is 5.11 Å². The third-order valence-corrected chi connectivity index (χ3v) is 2.00. The van der Waals surface area contributed by atoms with Crippen LogP contribution in [0.3, 0.4) is 0 Å². The number of benzene rings is 1. The molecule has 1 N–H and O–H groups in total. The van der Waals surface area contributed by atoms with Crippen LogP contribution >= 0.6 is 0 Å². The molecule has 79 valence electrons. The molecule has 0 atom stereocenters. The van der Waals surface area contributed by atoms with Crippen molar-refractivity contribution in [1.82, 2.24) is 4.98 Å². The van der Waals surface area contributed by atoms with Gasteiger partial charge in [-0.25, -0.2) is 0 Å². The van der Waals surface area contributed by atoms with Crippen LogP contribution in [0.25, 0.3) is 11.3 Å². The molecule has 1 radical (unpaired) electrons. The minimum Gasteiger partial charge on any atom is -0.401 e. The van der Waals surface area contributed by atoms with E-state index in [1.807, 2.05) is 30.3 Å². The van der Waals surface area contributed by atoms with Crippen molar-refractivity contribution in [2.75, 3.05) is 0 Å². The Morgan fingerprint density at radius 3 is 2.60 bits per heavy atom. The summed E-state index contributed by atoms with van der Waals surface area (Å²) in [5, 5.41) is 8.86. The van der Waals surface area contributed by atoms with Crippen molar-refractivity contribution in [3.05, 3.63) is 54.2 Å². The quantitative estimate of drug-likeness (QED) is 0.814. The number of pyridine rings is 1. The van der Waals surface area contributed by atoms with Crippen LogP contribution in [-0.2, 0) is 26.7 Å². The topological polar surface area (TPSA) is 33.1 Å². The van der Waals surface area contributed by atoms with E-state index in [-0.39, 0.29) is 26.7 Å². The molecule has 0 aliphatic heterocycles. The van der Waals surface area contributed by atoms with Crippen molar-refractivity contribution in [2.45, 2.75) is 6.61 Å². The molecule has 2 nitrogen and oxygen atoms in total. The van der Waals surface area contributed by atoms with E-state index in [2.05, 4.69) is 11.1 Å². The van der Waals surface area contributed by atoms with Crippen LogP contribution in [-0.4, -0.2) is 10.1 Å². The van der Waals surface area contributed by atoms with Crippen LogP contribution < -0.4 is 0 Å².